The minimum absolute atomic E-state index is 0.272. The van der Waals surface area contributed by atoms with E-state index >= 15 is 0 Å². The minimum Gasteiger partial charge on any atom is -0.496 e. The summed E-state index contributed by atoms with van der Waals surface area (Å²) in [6, 6.07) is 1.84. The van der Waals surface area contributed by atoms with Gasteiger partial charge < -0.3 is 15.2 Å². The summed E-state index contributed by atoms with van der Waals surface area (Å²) in [5.74, 6) is 0.694. The van der Waals surface area contributed by atoms with Crippen LogP contribution in [0.1, 0.15) is 37.5 Å². The van der Waals surface area contributed by atoms with Gasteiger partial charge in [-0.2, -0.15) is 0 Å². The average molecular weight is 326 g/mol. The molecule has 0 aliphatic rings. The molecule has 1 amide bonds. The molecule has 0 heterocycles. The van der Waals surface area contributed by atoms with Gasteiger partial charge in [-0.1, -0.05) is 45.0 Å². The van der Waals surface area contributed by atoms with Crippen molar-refractivity contribution in [2.24, 2.45) is 11.1 Å². The van der Waals surface area contributed by atoms with E-state index in [-0.39, 0.29) is 5.41 Å². The Morgan fingerprint density at radius 2 is 2.09 bits per heavy atom. The quantitative estimate of drug-likeness (QED) is 0.875. The highest BCUT2D eigenvalue weighted by Crippen LogP contribution is 2.36. The smallest absolute Gasteiger partial charge is 0.404 e. The normalized spacial score (nSPS) is 12.6. The van der Waals surface area contributed by atoms with Crippen LogP contribution >= 0.6 is 11.6 Å². The number of benzene rings is 1. The van der Waals surface area contributed by atoms with Crippen LogP contribution in [0.15, 0.2) is 12.6 Å². The zero-order valence-electron chi connectivity index (χ0n) is 13.8. The topological polar surface area (TPSA) is 61.5 Å². The maximum Gasteiger partial charge on any atom is 0.404 e. The summed E-state index contributed by atoms with van der Waals surface area (Å²) in [6.45, 7) is 11.7. The SMILES string of the molecule is C=Cc1c(C)c(Cl)cc(CC(OC(N)=O)C(C)(C)C)c1OC. The van der Waals surface area contributed by atoms with Gasteiger partial charge in [0, 0.05) is 17.0 Å². The summed E-state index contributed by atoms with van der Waals surface area (Å²) in [4.78, 5) is 11.2. The van der Waals surface area contributed by atoms with Crippen LogP contribution in [0.3, 0.4) is 0 Å². The first-order valence-electron chi connectivity index (χ1n) is 7.06. The van der Waals surface area contributed by atoms with Crippen molar-refractivity contribution >= 4 is 23.8 Å². The predicted octanol–water partition coefficient (Wildman–Crippen LogP) is 4.35. The molecule has 2 N–H and O–H groups in total. The number of ether oxygens (including phenoxy) is 2. The number of hydrogen-bond acceptors (Lipinski definition) is 3. The van der Waals surface area contributed by atoms with Crippen molar-refractivity contribution in [1.82, 2.24) is 0 Å². The zero-order chi connectivity index (χ0) is 17.1. The van der Waals surface area contributed by atoms with Crippen LogP contribution in [0.4, 0.5) is 4.79 Å². The van der Waals surface area contributed by atoms with Gasteiger partial charge in [0.05, 0.1) is 7.11 Å². The highest BCUT2D eigenvalue weighted by Gasteiger charge is 2.29. The Morgan fingerprint density at radius 1 is 1.50 bits per heavy atom. The van der Waals surface area contributed by atoms with Gasteiger partial charge in [0.15, 0.2) is 0 Å². The Labute approximate surface area is 137 Å². The molecule has 0 radical (unpaired) electrons. The number of hydrogen-bond donors (Lipinski definition) is 1. The van der Waals surface area contributed by atoms with Crippen molar-refractivity contribution in [3.63, 3.8) is 0 Å². The monoisotopic (exact) mass is 325 g/mol. The molecule has 0 aliphatic heterocycles. The molecule has 0 bridgehead atoms. The summed E-state index contributed by atoms with van der Waals surface area (Å²) in [7, 11) is 1.60. The van der Waals surface area contributed by atoms with E-state index < -0.39 is 12.2 Å². The summed E-state index contributed by atoms with van der Waals surface area (Å²) in [5.41, 5.74) is 7.52. The van der Waals surface area contributed by atoms with Crippen LogP contribution in [-0.4, -0.2) is 19.3 Å². The number of carbonyl (C=O) groups is 1. The van der Waals surface area contributed by atoms with Gasteiger partial charge in [-0.05, 0) is 29.5 Å². The Balaban J connectivity index is 3.33. The Kier molecular flexibility index (Phi) is 5.89. The molecule has 0 aliphatic carbocycles. The Hall–Kier alpha value is -1.68. The van der Waals surface area contributed by atoms with Gasteiger partial charge in [-0.25, -0.2) is 4.79 Å². The molecule has 0 saturated carbocycles. The highest BCUT2D eigenvalue weighted by atomic mass is 35.5. The standard InChI is InChI=1S/C17H24ClNO3/c1-7-12-10(2)13(18)8-11(15(12)21-6)9-14(17(3,4)5)22-16(19)20/h7-8,14H,1,9H2,2-6H3,(H2,19,20). The number of nitrogens with two attached hydrogens (primary N) is 1. The lowest BCUT2D eigenvalue weighted by molar-refractivity contribution is 0.0370. The Bertz CT molecular complexity index is 576. The molecule has 4 nitrogen and oxygen atoms in total. The second kappa shape index (κ2) is 7.05. The van der Waals surface area contributed by atoms with Crippen LogP contribution in [0, 0.1) is 12.3 Å². The van der Waals surface area contributed by atoms with Gasteiger partial charge in [0.1, 0.15) is 11.9 Å². The van der Waals surface area contributed by atoms with E-state index in [1.54, 1.807) is 13.2 Å². The summed E-state index contributed by atoms with van der Waals surface area (Å²) in [6.07, 6.45) is 0.984. The molecule has 0 fully saturated rings. The summed E-state index contributed by atoms with van der Waals surface area (Å²) < 4.78 is 10.8. The second-order valence-electron chi connectivity index (χ2n) is 6.29. The van der Waals surface area contributed by atoms with Gasteiger partial charge in [-0.15, -0.1) is 0 Å². The van der Waals surface area contributed by atoms with E-state index in [1.165, 1.54) is 0 Å². The molecule has 1 aromatic rings. The molecular formula is C17H24ClNO3. The summed E-state index contributed by atoms with van der Waals surface area (Å²) >= 11 is 6.29. The Morgan fingerprint density at radius 3 is 2.50 bits per heavy atom. The first-order chi connectivity index (χ1) is 10.1. The van der Waals surface area contributed by atoms with Crippen LogP contribution in [0.5, 0.6) is 5.75 Å². The van der Waals surface area contributed by atoms with Gasteiger partial charge in [0.25, 0.3) is 0 Å². The maximum absolute atomic E-state index is 11.2. The fourth-order valence-electron chi connectivity index (χ4n) is 2.30. The van der Waals surface area contributed by atoms with E-state index in [0.717, 1.165) is 16.7 Å². The molecule has 5 heteroatoms. The number of halogens is 1. The molecule has 1 rings (SSSR count). The molecule has 1 unspecified atom stereocenters. The van der Waals surface area contributed by atoms with Crippen molar-refractivity contribution in [3.05, 3.63) is 34.4 Å². The number of amides is 1. The predicted molar refractivity (Wildman–Crippen MR) is 90.4 cm³/mol. The van der Waals surface area contributed by atoms with Crippen molar-refractivity contribution in [3.8, 4) is 5.75 Å². The zero-order valence-corrected chi connectivity index (χ0v) is 14.6. The minimum atomic E-state index is -0.791. The fourth-order valence-corrected chi connectivity index (χ4v) is 2.54. The van der Waals surface area contributed by atoms with Crippen molar-refractivity contribution in [2.75, 3.05) is 7.11 Å². The molecule has 0 saturated heterocycles. The van der Waals surface area contributed by atoms with Gasteiger partial charge in [0.2, 0.25) is 0 Å². The van der Waals surface area contributed by atoms with Crippen LogP contribution < -0.4 is 10.5 Å². The lowest BCUT2D eigenvalue weighted by atomic mass is 9.84. The molecule has 122 valence electrons. The largest absolute Gasteiger partial charge is 0.496 e. The van der Waals surface area contributed by atoms with Crippen molar-refractivity contribution in [1.29, 1.82) is 0 Å². The van der Waals surface area contributed by atoms with E-state index in [2.05, 4.69) is 6.58 Å². The van der Waals surface area contributed by atoms with E-state index in [9.17, 15) is 4.79 Å². The van der Waals surface area contributed by atoms with Crippen LogP contribution in [0.25, 0.3) is 6.08 Å². The molecule has 0 aromatic heterocycles. The lowest BCUT2D eigenvalue weighted by Crippen LogP contribution is -2.35. The molecule has 22 heavy (non-hydrogen) atoms. The fraction of sp³-hybridized carbons (Fsp3) is 0.471. The van der Waals surface area contributed by atoms with Crippen LogP contribution in [-0.2, 0) is 11.2 Å². The number of methoxy groups -OCH3 is 1. The third-order valence-electron chi connectivity index (χ3n) is 3.64. The number of carbonyl (C=O) groups excluding carboxylic acids is 1. The van der Waals surface area contributed by atoms with E-state index in [4.69, 9.17) is 26.8 Å². The van der Waals surface area contributed by atoms with Crippen molar-refractivity contribution in [2.45, 2.75) is 40.2 Å². The van der Waals surface area contributed by atoms with Gasteiger partial charge in [-0.3, -0.25) is 0 Å². The van der Waals surface area contributed by atoms with Crippen molar-refractivity contribution < 1.29 is 14.3 Å². The van der Waals surface area contributed by atoms with Gasteiger partial charge >= 0.3 is 6.09 Å². The van der Waals surface area contributed by atoms with E-state index in [1.807, 2.05) is 33.8 Å². The number of rotatable bonds is 5. The van der Waals surface area contributed by atoms with Crippen LogP contribution in [0.2, 0.25) is 5.02 Å². The molecule has 1 atom stereocenters. The van der Waals surface area contributed by atoms with E-state index in [0.29, 0.717) is 17.2 Å². The highest BCUT2D eigenvalue weighted by molar-refractivity contribution is 6.31. The first kappa shape index (κ1) is 18.4. The second-order valence-corrected chi connectivity index (χ2v) is 6.70. The number of primary amides is 1. The first-order valence-corrected chi connectivity index (χ1v) is 7.44. The lowest BCUT2D eigenvalue weighted by Gasteiger charge is -2.30. The maximum atomic E-state index is 11.2. The average Bonchev–Trinajstić information content (AvgIpc) is 2.39. The third kappa shape index (κ3) is 4.17. The molecule has 1 aromatic carbocycles. The molecule has 0 spiro atoms. The third-order valence-corrected chi connectivity index (χ3v) is 4.03. The summed E-state index contributed by atoms with van der Waals surface area (Å²) in [5, 5.41) is 0.623. The molecular weight excluding hydrogens is 302 g/mol.